The van der Waals surface area contributed by atoms with Gasteiger partial charge in [0.05, 0.1) is 5.92 Å². The number of carbonyl (C=O) groups excluding carboxylic acids is 1. The Hall–Kier alpha value is -1.37. The summed E-state index contributed by atoms with van der Waals surface area (Å²) in [5.74, 6) is 0.569. The van der Waals surface area contributed by atoms with Crippen LogP contribution in [0.4, 0.5) is 5.13 Å². The molecule has 122 valence electrons. The van der Waals surface area contributed by atoms with E-state index in [1.165, 1.54) is 11.3 Å². The third-order valence-electron chi connectivity index (χ3n) is 3.14. The maximum Gasteiger partial charge on any atom is 0.234 e. The van der Waals surface area contributed by atoms with E-state index in [9.17, 15) is 4.79 Å². The van der Waals surface area contributed by atoms with Crippen molar-refractivity contribution in [3.8, 4) is 0 Å². The molecule has 0 fully saturated rings. The third-order valence-corrected chi connectivity index (χ3v) is 5.36. The topological polar surface area (TPSA) is 54.9 Å². The summed E-state index contributed by atoms with van der Waals surface area (Å²) in [7, 11) is 0. The molecule has 0 unspecified atom stereocenters. The van der Waals surface area contributed by atoms with E-state index in [1.807, 2.05) is 26.0 Å². The second kappa shape index (κ2) is 8.47. The first-order valence-electron chi connectivity index (χ1n) is 7.14. The molecule has 1 aromatic heterocycles. The highest BCUT2D eigenvalue weighted by Crippen LogP contribution is 2.29. The predicted molar refractivity (Wildman–Crippen MR) is 98.5 cm³/mol. The van der Waals surface area contributed by atoms with E-state index in [-0.39, 0.29) is 17.7 Å². The van der Waals surface area contributed by atoms with Crippen LogP contribution in [0.5, 0.6) is 0 Å². The highest BCUT2D eigenvalue weighted by Gasteiger charge is 2.25. The SMILES string of the molecule is C=CCSc1nnc(NC(=O)[C@@H](c2ccc(Cl)cc2)C(C)C)s1. The molecule has 0 aliphatic rings. The summed E-state index contributed by atoms with van der Waals surface area (Å²) in [6.07, 6.45) is 1.81. The fourth-order valence-corrected chi connectivity index (χ4v) is 3.78. The van der Waals surface area contributed by atoms with Gasteiger partial charge in [-0.25, -0.2) is 0 Å². The first-order valence-corrected chi connectivity index (χ1v) is 9.32. The quantitative estimate of drug-likeness (QED) is 0.432. The molecule has 0 radical (unpaired) electrons. The largest absolute Gasteiger partial charge is 0.300 e. The van der Waals surface area contributed by atoms with Crippen LogP contribution in [0, 0.1) is 5.92 Å². The van der Waals surface area contributed by atoms with E-state index in [0.29, 0.717) is 10.2 Å². The Kier molecular flexibility index (Phi) is 6.62. The molecule has 1 aromatic carbocycles. The molecule has 0 saturated carbocycles. The molecular weight excluding hydrogens is 350 g/mol. The lowest BCUT2D eigenvalue weighted by Crippen LogP contribution is -2.25. The molecule has 0 spiro atoms. The third kappa shape index (κ3) is 5.06. The van der Waals surface area contributed by atoms with Crippen LogP contribution in [0.2, 0.25) is 5.02 Å². The van der Waals surface area contributed by atoms with Gasteiger partial charge in [-0.2, -0.15) is 0 Å². The summed E-state index contributed by atoms with van der Waals surface area (Å²) >= 11 is 8.83. The fraction of sp³-hybridized carbons (Fsp3) is 0.312. The highest BCUT2D eigenvalue weighted by atomic mass is 35.5. The van der Waals surface area contributed by atoms with Crippen molar-refractivity contribution in [2.45, 2.75) is 24.1 Å². The Balaban J connectivity index is 2.10. The number of anilines is 1. The number of hydrogen-bond acceptors (Lipinski definition) is 5. The summed E-state index contributed by atoms with van der Waals surface area (Å²) in [6, 6.07) is 7.37. The van der Waals surface area contributed by atoms with Gasteiger partial charge in [-0.15, -0.1) is 16.8 Å². The van der Waals surface area contributed by atoms with Gasteiger partial charge in [0.15, 0.2) is 4.34 Å². The van der Waals surface area contributed by atoms with Crippen LogP contribution in [0.25, 0.3) is 0 Å². The van der Waals surface area contributed by atoms with Crippen molar-refractivity contribution in [1.29, 1.82) is 0 Å². The summed E-state index contributed by atoms with van der Waals surface area (Å²) in [5, 5.41) is 12.1. The molecule has 7 heteroatoms. The zero-order valence-corrected chi connectivity index (χ0v) is 15.3. The maximum absolute atomic E-state index is 12.6. The van der Waals surface area contributed by atoms with Crippen molar-refractivity contribution in [3.05, 3.63) is 47.5 Å². The minimum absolute atomic E-state index is 0.0845. The first kappa shape index (κ1) is 18.0. The Morgan fingerprint density at radius 3 is 2.70 bits per heavy atom. The van der Waals surface area contributed by atoms with Gasteiger partial charge >= 0.3 is 0 Å². The average molecular weight is 368 g/mol. The lowest BCUT2D eigenvalue weighted by atomic mass is 9.88. The molecule has 2 aromatic rings. The number of nitrogens with one attached hydrogen (secondary N) is 1. The van der Waals surface area contributed by atoms with Gasteiger partial charge in [0.2, 0.25) is 11.0 Å². The number of amides is 1. The maximum atomic E-state index is 12.6. The van der Waals surface area contributed by atoms with E-state index in [1.54, 1.807) is 30.0 Å². The van der Waals surface area contributed by atoms with Gasteiger partial charge in [-0.05, 0) is 23.6 Å². The molecule has 0 saturated heterocycles. The molecule has 4 nitrogen and oxygen atoms in total. The smallest absolute Gasteiger partial charge is 0.234 e. The number of nitrogens with zero attached hydrogens (tertiary/aromatic N) is 2. The Morgan fingerprint density at radius 1 is 1.39 bits per heavy atom. The first-order chi connectivity index (χ1) is 11.0. The van der Waals surface area contributed by atoms with Crippen molar-refractivity contribution in [3.63, 3.8) is 0 Å². The molecule has 23 heavy (non-hydrogen) atoms. The Morgan fingerprint density at radius 2 is 2.09 bits per heavy atom. The van der Waals surface area contributed by atoms with E-state index in [4.69, 9.17) is 11.6 Å². The monoisotopic (exact) mass is 367 g/mol. The Bertz CT molecular complexity index is 670. The lowest BCUT2D eigenvalue weighted by molar-refractivity contribution is -0.118. The molecule has 2 rings (SSSR count). The zero-order chi connectivity index (χ0) is 16.8. The number of aromatic nitrogens is 2. The van der Waals surface area contributed by atoms with E-state index in [0.717, 1.165) is 15.7 Å². The van der Waals surface area contributed by atoms with E-state index < -0.39 is 0 Å². The molecule has 1 amide bonds. The summed E-state index contributed by atoms with van der Waals surface area (Å²) in [4.78, 5) is 12.6. The van der Waals surface area contributed by atoms with Crippen molar-refractivity contribution in [2.24, 2.45) is 5.92 Å². The number of carbonyl (C=O) groups is 1. The minimum Gasteiger partial charge on any atom is -0.300 e. The normalized spacial score (nSPS) is 12.2. The summed E-state index contributed by atoms with van der Waals surface area (Å²) < 4.78 is 0.813. The van der Waals surface area contributed by atoms with Crippen LogP contribution in [0.3, 0.4) is 0 Å². The van der Waals surface area contributed by atoms with Gasteiger partial charge in [0, 0.05) is 10.8 Å². The molecule has 1 N–H and O–H groups in total. The zero-order valence-electron chi connectivity index (χ0n) is 13.0. The summed E-state index contributed by atoms with van der Waals surface area (Å²) in [6.45, 7) is 7.71. The number of thioether (sulfide) groups is 1. The fourth-order valence-electron chi connectivity index (χ4n) is 2.14. The van der Waals surface area contributed by atoms with E-state index >= 15 is 0 Å². The van der Waals surface area contributed by atoms with Crippen LogP contribution in [-0.4, -0.2) is 21.9 Å². The minimum atomic E-state index is -0.263. The molecule has 1 heterocycles. The second-order valence-corrected chi connectivity index (χ2v) is 7.92. The number of halogens is 1. The Labute approximate surface area is 149 Å². The van der Waals surface area contributed by atoms with Crippen LogP contribution >= 0.6 is 34.7 Å². The van der Waals surface area contributed by atoms with Gasteiger partial charge < -0.3 is 0 Å². The molecule has 0 bridgehead atoms. The predicted octanol–water partition coefficient (Wildman–Crippen LogP) is 4.85. The van der Waals surface area contributed by atoms with Crippen molar-refractivity contribution in [2.75, 3.05) is 11.1 Å². The average Bonchev–Trinajstić information content (AvgIpc) is 2.94. The van der Waals surface area contributed by atoms with E-state index in [2.05, 4.69) is 22.1 Å². The molecule has 0 aliphatic carbocycles. The molecular formula is C16H18ClN3OS2. The van der Waals surface area contributed by atoms with Crippen molar-refractivity contribution < 1.29 is 4.79 Å². The van der Waals surface area contributed by atoms with Gasteiger partial charge in [0.1, 0.15) is 0 Å². The number of benzene rings is 1. The lowest BCUT2D eigenvalue weighted by Gasteiger charge is -2.20. The second-order valence-electron chi connectivity index (χ2n) is 5.24. The van der Waals surface area contributed by atoms with Crippen LogP contribution in [0.1, 0.15) is 25.3 Å². The number of hydrogen-bond donors (Lipinski definition) is 1. The standard InChI is InChI=1S/C16H18ClN3OS2/c1-4-9-22-16-20-19-15(23-16)18-14(21)13(10(2)3)11-5-7-12(17)8-6-11/h4-8,10,13H,1,9H2,2-3H3,(H,18,19,21)/t13-/m1/s1. The molecule has 0 aliphatic heterocycles. The molecule has 1 atom stereocenters. The van der Waals surface area contributed by atoms with Gasteiger partial charge in [-0.1, -0.05) is 66.8 Å². The van der Waals surface area contributed by atoms with Crippen molar-refractivity contribution >= 4 is 45.7 Å². The summed E-state index contributed by atoms with van der Waals surface area (Å²) in [5.41, 5.74) is 0.938. The number of rotatable bonds is 7. The van der Waals surface area contributed by atoms with Crippen molar-refractivity contribution in [1.82, 2.24) is 10.2 Å². The highest BCUT2D eigenvalue weighted by molar-refractivity contribution is 8.01. The van der Waals surface area contributed by atoms with Crippen LogP contribution in [-0.2, 0) is 4.79 Å². The van der Waals surface area contributed by atoms with Crippen LogP contribution in [0.15, 0.2) is 41.3 Å². The van der Waals surface area contributed by atoms with Gasteiger partial charge in [0.25, 0.3) is 0 Å². The van der Waals surface area contributed by atoms with Gasteiger partial charge in [-0.3, -0.25) is 10.1 Å². The van der Waals surface area contributed by atoms with Crippen LogP contribution < -0.4 is 5.32 Å².